The third-order valence-corrected chi connectivity index (χ3v) is 2.15. The number of aromatic nitrogens is 2. The van der Waals surface area contributed by atoms with Gasteiger partial charge in [0, 0.05) is 23.3 Å². The molecule has 0 atom stereocenters. The van der Waals surface area contributed by atoms with Crippen LogP contribution in [-0.4, -0.2) is 22.3 Å². The van der Waals surface area contributed by atoms with Crippen molar-refractivity contribution in [1.82, 2.24) is 9.97 Å². The standard InChI is InChI=1S/C10H11N3O/c1-6-2-7-8(9(14)3-11)5-13-10(7)12-4-6/h2,4-5H,3,11H2,1H3,(H,12,13). The van der Waals surface area contributed by atoms with E-state index in [4.69, 9.17) is 5.73 Å². The molecule has 0 spiro atoms. The van der Waals surface area contributed by atoms with Gasteiger partial charge in [-0.2, -0.15) is 0 Å². The number of nitrogens with two attached hydrogens (primary N) is 1. The Morgan fingerprint density at radius 3 is 3.14 bits per heavy atom. The van der Waals surface area contributed by atoms with Crippen molar-refractivity contribution < 1.29 is 4.79 Å². The van der Waals surface area contributed by atoms with Crippen LogP contribution in [0.1, 0.15) is 15.9 Å². The first-order valence-electron chi connectivity index (χ1n) is 4.39. The Kier molecular flexibility index (Phi) is 2.05. The smallest absolute Gasteiger partial charge is 0.178 e. The molecule has 14 heavy (non-hydrogen) atoms. The number of fused-ring (bicyclic) bond motifs is 1. The first kappa shape index (κ1) is 8.90. The number of nitrogens with one attached hydrogen (secondary N) is 1. The lowest BCUT2D eigenvalue weighted by Crippen LogP contribution is -2.12. The van der Waals surface area contributed by atoms with E-state index < -0.39 is 0 Å². The van der Waals surface area contributed by atoms with E-state index in [1.165, 1.54) is 0 Å². The molecule has 0 saturated carbocycles. The fourth-order valence-electron chi connectivity index (χ4n) is 1.45. The highest BCUT2D eigenvalue weighted by Crippen LogP contribution is 2.17. The van der Waals surface area contributed by atoms with Crippen LogP contribution in [-0.2, 0) is 0 Å². The number of hydrogen-bond acceptors (Lipinski definition) is 3. The number of aryl methyl sites for hydroxylation is 1. The predicted octanol–water partition coefficient (Wildman–Crippen LogP) is 1.01. The third kappa shape index (κ3) is 1.29. The van der Waals surface area contributed by atoms with E-state index in [1.807, 2.05) is 13.0 Å². The van der Waals surface area contributed by atoms with Crippen LogP contribution in [0.2, 0.25) is 0 Å². The Balaban J connectivity index is 2.67. The topological polar surface area (TPSA) is 71.8 Å². The molecule has 2 rings (SSSR count). The Labute approximate surface area is 81.1 Å². The Morgan fingerprint density at radius 2 is 2.43 bits per heavy atom. The molecule has 4 nitrogen and oxygen atoms in total. The molecule has 2 heterocycles. The molecule has 0 aliphatic rings. The molecule has 0 bridgehead atoms. The molecule has 3 N–H and O–H groups in total. The second-order valence-corrected chi connectivity index (χ2v) is 3.24. The van der Waals surface area contributed by atoms with Gasteiger partial charge in [-0.1, -0.05) is 0 Å². The molecule has 4 heteroatoms. The highest BCUT2D eigenvalue weighted by molar-refractivity contribution is 6.08. The van der Waals surface area contributed by atoms with Crippen LogP contribution in [0.15, 0.2) is 18.5 Å². The highest BCUT2D eigenvalue weighted by Gasteiger charge is 2.10. The quantitative estimate of drug-likeness (QED) is 0.692. The van der Waals surface area contributed by atoms with E-state index in [2.05, 4.69) is 9.97 Å². The Bertz CT molecular complexity index is 487. The molecule has 0 unspecified atom stereocenters. The van der Waals surface area contributed by atoms with Crippen molar-refractivity contribution in [3.63, 3.8) is 0 Å². The minimum Gasteiger partial charge on any atom is -0.345 e. The summed E-state index contributed by atoms with van der Waals surface area (Å²) in [6.07, 6.45) is 3.42. The maximum atomic E-state index is 11.4. The summed E-state index contributed by atoms with van der Waals surface area (Å²) in [7, 11) is 0. The molecule has 0 aliphatic heterocycles. The number of hydrogen-bond donors (Lipinski definition) is 2. The number of nitrogens with zero attached hydrogens (tertiary/aromatic N) is 1. The van der Waals surface area contributed by atoms with Gasteiger partial charge in [0.05, 0.1) is 6.54 Å². The summed E-state index contributed by atoms with van der Waals surface area (Å²) < 4.78 is 0. The average molecular weight is 189 g/mol. The van der Waals surface area contributed by atoms with E-state index in [9.17, 15) is 4.79 Å². The number of pyridine rings is 1. The summed E-state index contributed by atoms with van der Waals surface area (Å²) in [5.74, 6) is -0.0661. The van der Waals surface area contributed by atoms with Crippen molar-refractivity contribution in [2.45, 2.75) is 6.92 Å². The van der Waals surface area contributed by atoms with Crippen molar-refractivity contribution in [1.29, 1.82) is 0 Å². The van der Waals surface area contributed by atoms with Gasteiger partial charge in [0.15, 0.2) is 5.78 Å². The molecule has 0 aromatic carbocycles. The molecular formula is C10H11N3O. The number of ketones is 1. The van der Waals surface area contributed by atoms with Crippen LogP contribution in [0.3, 0.4) is 0 Å². The maximum absolute atomic E-state index is 11.4. The second kappa shape index (κ2) is 3.23. The molecule has 2 aromatic rings. The van der Waals surface area contributed by atoms with Crippen molar-refractivity contribution in [2.24, 2.45) is 5.73 Å². The lowest BCUT2D eigenvalue weighted by Gasteiger charge is -1.95. The normalized spacial score (nSPS) is 10.7. The van der Waals surface area contributed by atoms with Gasteiger partial charge in [-0.05, 0) is 18.6 Å². The van der Waals surface area contributed by atoms with E-state index in [0.717, 1.165) is 16.6 Å². The summed E-state index contributed by atoms with van der Waals surface area (Å²) in [4.78, 5) is 18.5. The fourth-order valence-corrected chi connectivity index (χ4v) is 1.45. The zero-order valence-corrected chi connectivity index (χ0v) is 7.87. The average Bonchev–Trinajstić information content (AvgIpc) is 2.59. The number of carbonyl (C=O) groups excluding carboxylic acids is 1. The number of H-pyrrole nitrogens is 1. The van der Waals surface area contributed by atoms with E-state index in [1.54, 1.807) is 12.4 Å². The summed E-state index contributed by atoms with van der Waals surface area (Å²) in [5.41, 5.74) is 7.69. The summed E-state index contributed by atoms with van der Waals surface area (Å²) in [6, 6.07) is 1.93. The van der Waals surface area contributed by atoms with Crippen LogP contribution in [0.4, 0.5) is 0 Å². The minimum absolute atomic E-state index is 0.0287. The largest absolute Gasteiger partial charge is 0.345 e. The van der Waals surface area contributed by atoms with Gasteiger partial charge in [-0.3, -0.25) is 4.79 Å². The SMILES string of the molecule is Cc1cnc2[nH]cc(C(=O)CN)c2c1. The Morgan fingerprint density at radius 1 is 1.64 bits per heavy atom. The van der Waals surface area contributed by atoms with Crippen LogP contribution < -0.4 is 5.73 Å². The lowest BCUT2D eigenvalue weighted by atomic mass is 10.1. The maximum Gasteiger partial charge on any atom is 0.178 e. The van der Waals surface area contributed by atoms with Crippen molar-refractivity contribution in [2.75, 3.05) is 6.54 Å². The van der Waals surface area contributed by atoms with Gasteiger partial charge in [0.1, 0.15) is 5.65 Å². The van der Waals surface area contributed by atoms with Crippen LogP contribution in [0.25, 0.3) is 11.0 Å². The number of aromatic amines is 1. The van der Waals surface area contributed by atoms with E-state index >= 15 is 0 Å². The van der Waals surface area contributed by atoms with Crippen LogP contribution in [0, 0.1) is 6.92 Å². The van der Waals surface area contributed by atoms with Gasteiger partial charge in [-0.25, -0.2) is 4.98 Å². The van der Waals surface area contributed by atoms with Gasteiger partial charge in [0.2, 0.25) is 0 Å². The molecule has 0 radical (unpaired) electrons. The number of carbonyl (C=O) groups is 1. The predicted molar refractivity (Wildman–Crippen MR) is 54.2 cm³/mol. The van der Waals surface area contributed by atoms with Gasteiger partial charge >= 0.3 is 0 Å². The summed E-state index contributed by atoms with van der Waals surface area (Å²) >= 11 is 0. The molecule has 0 saturated heterocycles. The number of Topliss-reactive ketones (excluding diaryl/α,β-unsaturated/α-hetero) is 1. The van der Waals surface area contributed by atoms with Crippen molar-refractivity contribution in [3.8, 4) is 0 Å². The Hall–Kier alpha value is -1.68. The molecule has 72 valence electrons. The highest BCUT2D eigenvalue weighted by atomic mass is 16.1. The monoisotopic (exact) mass is 189 g/mol. The molecular weight excluding hydrogens is 178 g/mol. The fraction of sp³-hybridized carbons (Fsp3) is 0.200. The molecule has 2 aromatic heterocycles. The van der Waals surface area contributed by atoms with Crippen molar-refractivity contribution in [3.05, 3.63) is 29.6 Å². The molecule has 0 aliphatic carbocycles. The number of rotatable bonds is 2. The zero-order chi connectivity index (χ0) is 10.1. The van der Waals surface area contributed by atoms with Crippen molar-refractivity contribution >= 4 is 16.8 Å². The van der Waals surface area contributed by atoms with Gasteiger partial charge < -0.3 is 10.7 Å². The molecule has 0 amide bonds. The first-order chi connectivity index (χ1) is 6.72. The van der Waals surface area contributed by atoms with Gasteiger partial charge in [0.25, 0.3) is 0 Å². The first-order valence-corrected chi connectivity index (χ1v) is 4.39. The van der Waals surface area contributed by atoms with E-state index in [0.29, 0.717) is 5.56 Å². The lowest BCUT2D eigenvalue weighted by molar-refractivity contribution is 0.100. The van der Waals surface area contributed by atoms with E-state index in [-0.39, 0.29) is 12.3 Å². The molecule has 0 fully saturated rings. The summed E-state index contributed by atoms with van der Waals surface area (Å²) in [6.45, 7) is 1.97. The van der Waals surface area contributed by atoms with Crippen LogP contribution >= 0.6 is 0 Å². The van der Waals surface area contributed by atoms with Crippen LogP contribution in [0.5, 0.6) is 0 Å². The minimum atomic E-state index is -0.0661. The summed E-state index contributed by atoms with van der Waals surface area (Å²) in [5, 5.41) is 0.848. The van der Waals surface area contributed by atoms with Gasteiger partial charge in [-0.15, -0.1) is 0 Å². The second-order valence-electron chi connectivity index (χ2n) is 3.24. The third-order valence-electron chi connectivity index (χ3n) is 2.15. The zero-order valence-electron chi connectivity index (χ0n) is 7.87.